The van der Waals surface area contributed by atoms with Crippen molar-refractivity contribution < 1.29 is 18.7 Å². The Balaban J connectivity index is 0.00000451. The summed E-state index contributed by atoms with van der Waals surface area (Å²) in [7, 11) is 0. The maximum Gasteiger partial charge on any atom is 0.361 e. The van der Waals surface area contributed by atoms with Crippen LogP contribution < -0.4 is 16.4 Å². The summed E-state index contributed by atoms with van der Waals surface area (Å²) in [5, 5.41) is 10.7. The highest BCUT2D eigenvalue weighted by atomic mass is 35.5. The van der Waals surface area contributed by atoms with Gasteiger partial charge in [-0.15, -0.1) is 12.4 Å². The van der Waals surface area contributed by atoms with Gasteiger partial charge in [0, 0.05) is 62.3 Å². The van der Waals surface area contributed by atoms with Crippen molar-refractivity contribution in [3.63, 3.8) is 0 Å². The Kier molecular flexibility index (Phi) is 12.1. The van der Waals surface area contributed by atoms with Gasteiger partial charge in [-0.05, 0) is 56.6 Å². The normalized spacial score (nSPS) is 16.5. The van der Waals surface area contributed by atoms with E-state index in [1.165, 1.54) is 36.9 Å². The topological polar surface area (TPSA) is 144 Å². The number of carbonyl (C=O) groups excluding carboxylic acids is 2. The summed E-state index contributed by atoms with van der Waals surface area (Å²) in [6.45, 7) is 8.74. The molecule has 1 amide bonds. The fourth-order valence-electron chi connectivity index (χ4n) is 6.02. The van der Waals surface area contributed by atoms with E-state index < -0.39 is 23.8 Å². The number of anilines is 2. The van der Waals surface area contributed by atoms with Crippen molar-refractivity contribution in [2.75, 3.05) is 63.4 Å². The SMILES string of the molecule is Cl.Nc1ncc(-c2cnn(C3CCN(CCCN4CCNCC4)CC3)c2)nc1C(=O)O[C@@H](C(=O)Nc1ccc(F)cc1)c1ccccc1. The van der Waals surface area contributed by atoms with Crippen molar-refractivity contribution in [2.45, 2.75) is 31.4 Å². The van der Waals surface area contributed by atoms with Crippen LogP contribution in [0.4, 0.5) is 15.9 Å². The van der Waals surface area contributed by atoms with E-state index in [0.717, 1.165) is 65.2 Å². The minimum absolute atomic E-state index is 0. The summed E-state index contributed by atoms with van der Waals surface area (Å²) in [5.41, 5.74) is 7.75. The molecule has 2 aliphatic heterocycles. The zero-order valence-electron chi connectivity index (χ0n) is 26.6. The molecule has 6 rings (SSSR count). The molecule has 0 bridgehead atoms. The maximum absolute atomic E-state index is 13.4. The predicted octanol–water partition coefficient (Wildman–Crippen LogP) is 3.95. The average molecular weight is 678 g/mol. The standard InChI is InChI=1S/C34H40FN9O3.ClH/c35-26-7-9-27(10-8-26)40-33(45)31(24-5-2-1-3-6-24)47-34(46)30-32(36)38-22-29(41-30)25-21-39-44(23-25)28-11-17-42(18-12-28)15-4-16-43-19-13-37-14-20-43;/h1-3,5-10,21-23,28,31,37H,4,11-20H2,(H2,36,38)(H,40,45);1H/t31-;/m1./s1. The van der Waals surface area contributed by atoms with Gasteiger partial charge >= 0.3 is 5.97 Å². The molecule has 4 heterocycles. The maximum atomic E-state index is 13.4. The summed E-state index contributed by atoms with van der Waals surface area (Å²) in [6, 6.07) is 14.1. The van der Waals surface area contributed by atoms with Crippen LogP contribution in [-0.2, 0) is 9.53 Å². The van der Waals surface area contributed by atoms with Crippen LogP contribution in [0.2, 0.25) is 0 Å². The van der Waals surface area contributed by atoms with E-state index in [0.29, 0.717) is 22.5 Å². The quantitative estimate of drug-likeness (QED) is 0.200. The van der Waals surface area contributed by atoms with E-state index in [4.69, 9.17) is 10.5 Å². The Morgan fingerprint density at radius 2 is 1.67 bits per heavy atom. The van der Waals surface area contributed by atoms with Crippen LogP contribution in [0.15, 0.2) is 73.2 Å². The van der Waals surface area contributed by atoms with Crippen molar-refractivity contribution in [3.8, 4) is 11.3 Å². The summed E-state index contributed by atoms with van der Waals surface area (Å²) < 4.78 is 21.0. The fourth-order valence-corrected chi connectivity index (χ4v) is 6.02. The molecule has 2 aromatic carbocycles. The molecule has 2 aliphatic rings. The number of piperidine rings is 1. The third kappa shape index (κ3) is 8.92. The highest BCUT2D eigenvalue weighted by molar-refractivity contribution is 5.99. The van der Waals surface area contributed by atoms with Gasteiger partial charge in [0.15, 0.2) is 11.5 Å². The Labute approximate surface area is 285 Å². The molecule has 0 saturated carbocycles. The first-order valence-electron chi connectivity index (χ1n) is 16.1. The first-order valence-corrected chi connectivity index (χ1v) is 16.1. The second-order valence-electron chi connectivity index (χ2n) is 11.9. The van der Waals surface area contributed by atoms with Crippen LogP contribution in [0.1, 0.15) is 47.5 Å². The molecule has 2 saturated heterocycles. The van der Waals surface area contributed by atoms with Gasteiger partial charge in [0.1, 0.15) is 5.82 Å². The second-order valence-corrected chi connectivity index (χ2v) is 11.9. The molecule has 0 spiro atoms. The lowest BCUT2D eigenvalue weighted by atomic mass is 10.1. The first-order chi connectivity index (χ1) is 22.9. The van der Waals surface area contributed by atoms with E-state index in [1.807, 2.05) is 10.9 Å². The van der Waals surface area contributed by atoms with E-state index in [9.17, 15) is 14.0 Å². The highest BCUT2D eigenvalue weighted by Gasteiger charge is 2.28. The number of piperazine rings is 1. The third-order valence-electron chi connectivity index (χ3n) is 8.66. The Hall–Kier alpha value is -4.43. The number of rotatable bonds is 11. The molecular formula is C34H41ClFN9O3. The van der Waals surface area contributed by atoms with Crippen molar-refractivity contribution in [1.82, 2.24) is 34.9 Å². The number of halogens is 2. The zero-order valence-corrected chi connectivity index (χ0v) is 27.4. The summed E-state index contributed by atoms with van der Waals surface area (Å²) in [4.78, 5) is 40.4. The molecular weight excluding hydrogens is 637 g/mol. The number of likely N-dealkylation sites (tertiary alicyclic amines) is 1. The number of nitrogens with one attached hydrogen (secondary N) is 2. The molecule has 0 aliphatic carbocycles. The molecule has 0 radical (unpaired) electrons. The monoisotopic (exact) mass is 677 g/mol. The van der Waals surface area contributed by atoms with Crippen molar-refractivity contribution >= 4 is 35.8 Å². The van der Waals surface area contributed by atoms with Gasteiger partial charge in [-0.1, -0.05) is 30.3 Å². The van der Waals surface area contributed by atoms with Gasteiger partial charge in [-0.2, -0.15) is 5.10 Å². The van der Waals surface area contributed by atoms with Gasteiger partial charge in [-0.3, -0.25) is 9.48 Å². The van der Waals surface area contributed by atoms with Crippen molar-refractivity contribution in [2.24, 2.45) is 0 Å². The second kappa shape index (κ2) is 16.6. The molecule has 254 valence electrons. The van der Waals surface area contributed by atoms with Gasteiger partial charge in [-0.25, -0.2) is 19.2 Å². The molecule has 12 nitrogen and oxygen atoms in total. The van der Waals surface area contributed by atoms with Crippen LogP contribution in [-0.4, -0.2) is 93.8 Å². The van der Waals surface area contributed by atoms with E-state index >= 15 is 0 Å². The smallest absolute Gasteiger partial charge is 0.361 e. The number of nitrogen functional groups attached to an aromatic ring is 1. The largest absolute Gasteiger partial charge is 0.442 e. The van der Waals surface area contributed by atoms with Crippen molar-refractivity contribution in [1.29, 1.82) is 0 Å². The molecule has 2 aromatic heterocycles. The number of hydrogen-bond donors (Lipinski definition) is 3. The lowest BCUT2D eigenvalue weighted by Gasteiger charge is -2.33. The van der Waals surface area contributed by atoms with Crippen LogP contribution >= 0.6 is 12.4 Å². The summed E-state index contributed by atoms with van der Waals surface area (Å²) in [5.74, 6) is -2.09. The summed E-state index contributed by atoms with van der Waals surface area (Å²) >= 11 is 0. The van der Waals surface area contributed by atoms with E-state index in [-0.39, 0.29) is 30.0 Å². The highest BCUT2D eigenvalue weighted by Crippen LogP contribution is 2.27. The van der Waals surface area contributed by atoms with Crippen LogP contribution in [0.5, 0.6) is 0 Å². The zero-order chi connectivity index (χ0) is 32.6. The molecule has 0 unspecified atom stereocenters. The number of nitrogens with two attached hydrogens (primary N) is 1. The predicted molar refractivity (Wildman–Crippen MR) is 183 cm³/mol. The van der Waals surface area contributed by atoms with Gasteiger partial charge < -0.3 is 30.9 Å². The number of amides is 1. The van der Waals surface area contributed by atoms with Gasteiger partial charge in [0.25, 0.3) is 5.91 Å². The van der Waals surface area contributed by atoms with Crippen molar-refractivity contribution in [3.05, 3.63) is 90.3 Å². The van der Waals surface area contributed by atoms with Crippen LogP contribution in [0.25, 0.3) is 11.3 Å². The molecule has 14 heteroatoms. The lowest BCUT2D eigenvalue weighted by molar-refractivity contribution is -0.125. The number of nitrogens with zero attached hydrogens (tertiary/aromatic N) is 6. The Morgan fingerprint density at radius 3 is 2.38 bits per heavy atom. The number of esters is 1. The Bertz CT molecular complexity index is 1640. The molecule has 4 N–H and O–H groups in total. The first kappa shape index (κ1) is 34.9. The number of carbonyl (C=O) groups is 2. The number of benzene rings is 2. The minimum Gasteiger partial charge on any atom is -0.442 e. The summed E-state index contributed by atoms with van der Waals surface area (Å²) in [6.07, 6.45) is 6.98. The Morgan fingerprint density at radius 1 is 0.979 bits per heavy atom. The average Bonchev–Trinajstić information content (AvgIpc) is 3.60. The number of aromatic nitrogens is 4. The minimum atomic E-state index is -1.32. The molecule has 2 fully saturated rings. The lowest BCUT2D eigenvalue weighted by Crippen LogP contribution is -2.44. The van der Waals surface area contributed by atoms with E-state index in [2.05, 4.69) is 35.5 Å². The fraction of sp³-hybridized carbons (Fsp3) is 0.382. The van der Waals surface area contributed by atoms with Gasteiger partial charge in [0.2, 0.25) is 6.10 Å². The van der Waals surface area contributed by atoms with Gasteiger partial charge in [0.05, 0.1) is 24.1 Å². The van der Waals surface area contributed by atoms with E-state index in [1.54, 1.807) is 36.5 Å². The number of hydrogen-bond acceptors (Lipinski definition) is 10. The number of ether oxygens (including phenoxy) is 1. The third-order valence-corrected chi connectivity index (χ3v) is 8.66. The molecule has 4 aromatic rings. The van der Waals surface area contributed by atoms with Crippen LogP contribution in [0, 0.1) is 5.82 Å². The molecule has 1 atom stereocenters. The van der Waals surface area contributed by atoms with Crippen LogP contribution in [0.3, 0.4) is 0 Å². The molecule has 48 heavy (non-hydrogen) atoms.